The van der Waals surface area contributed by atoms with Gasteiger partial charge in [-0.1, -0.05) is 80.6 Å². The average Bonchev–Trinajstić information content (AvgIpc) is 2.60. The van der Waals surface area contributed by atoms with Gasteiger partial charge in [0, 0.05) is 4.90 Å². The summed E-state index contributed by atoms with van der Waals surface area (Å²) in [6.45, 7) is 20.4. The summed E-state index contributed by atoms with van der Waals surface area (Å²) in [6, 6.07) is 19.3. The van der Waals surface area contributed by atoms with Crippen molar-refractivity contribution in [2.45, 2.75) is 81.9 Å². The molecule has 0 fully saturated rings. The number of hydrogen-bond acceptors (Lipinski definition) is 3. The summed E-state index contributed by atoms with van der Waals surface area (Å²) in [7, 11) is -3.78. The third-order valence-corrected chi connectivity index (χ3v) is 12.1. The molecule has 0 aliphatic carbocycles. The second kappa shape index (κ2) is 9.52. The molecule has 2 rings (SSSR count). The molecule has 2 aromatic rings. The molecule has 0 spiro atoms. The topological polar surface area (TPSA) is 18.5 Å². The lowest BCUT2D eigenvalue weighted by atomic mass is 10.1. The van der Waals surface area contributed by atoms with Gasteiger partial charge < -0.3 is 8.85 Å². The Bertz CT molecular complexity index is 762. The average molecular weight is 447 g/mol. The first-order valence-corrected chi connectivity index (χ1v) is 17.6. The van der Waals surface area contributed by atoms with E-state index in [9.17, 15) is 0 Å². The third kappa shape index (κ3) is 7.40. The first-order valence-electron chi connectivity index (χ1n) is 10.4. The van der Waals surface area contributed by atoms with E-state index in [0.29, 0.717) is 0 Å². The Morgan fingerprint density at radius 3 is 1.83 bits per heavy atom. The minimum Gasteiger partial charge on any atom is -0.407 e. The van der Waals surface area contributed by atoms with Crippen LogP contribution in [-0.2, 0) is 8.85 Å². The molecule has 2 aromatic carbocycles. The molecule has 0 amide bonds. The summed E-state index contributed by atoms with van der Waals surface area (Å²) in [5, 5.41) is 0.138. The highest BCUT2D eigenvalue weighted by Gasteiger charge is 2.42. The zero-order chi connectivity index (χ0) is 21.9. The maximum Gasteiger partial charge on any atom is 0.193 e. The van der Waals surface area contributed by atoms with Crippen molar-refractivity contribution in [3.63, 3.8) is 0 Å². The van der Waals surface area contributed by atoms with Gasteiger partial charge in [-0.3, -0.25) is 0 Å². The second-order valence-electron chi connectivity index (χ2n) is 10.2. The van der Waals surface area contributed by atoms with Crippen molar-refractivity contribution in [3.05, 3.63) is 65.7 Å². The predicted octanol–water partition coefficient (Wildman–Crippen LogP) is 8.03. The van der Waals surface area contributed by atoms with Gasteiger partial charge >= 0.3 is 0 Å². The summed E-state index contributed by atoms with van der Waals surface area (Å²) in [6.07, 6.45) is -0.0942. The standard InChI is InChI=1S/C24H38O2SSi2/c1-19-15-17-21(18-16-19)27-23(26-29(8,9)24(2,3)4)22(25-28(5,6)7)20-13-11-10-12-14-20/h10-18,22-23H,1-9H3/t22-,23-/m0/s1. The van der Waals surface area contributed by atoms with Gasteiger partial charge in [-0.2, -0.15) is 0 Å². The van der Waals surface area contributed by atoms with E-state index >= 15 is 0 Å². The predicted molar refractivity (Wildman–Crippen MR) is 133 cm³/mol. The summed E-state index contributed by atoms with van der Waals surface area (Å²) in [4.78, 5) is 1.22. The van der Waals surface area contributed by atoms with Crippen molar-refractivity contribution in [1.29, 1.82) is 0 Å². The molecule has 0 heterocycles. The molecule has 160 valence electrons. The highest BCUT2D eigenvalue weighted by Crippen LogP contribution is 2.44. The summed E-state index contributed by atoms with van der Waals surface area (Å²) in [5.74, 6) is 0. The van der Waals surface area contributed by atoms with Gasteiger partial charge in [0.2, 0.25) is 0 Å². The molecule has 2 nitrogen and oxygen atoms in total. The van der Waals surface area contributed by atoms with E-state index < -0.39 is 16.6 Å². The molecule has 0 N–H and O–H groups in total. The second-order valence-corrected chi connectivity index (χ2v) is 20.6. The van der Waals surface area contributed by atoms with Crippen molar-refractivity contribution >= 4 is 28.4 Å². The lowest BCUT2D eigenvalue weighted by molar-refractivity contribution is 0.0930. The smallest absolute Gasteiger partial charge is 0.193 e. The molecule has 5 heteroatoms. The fourth-order valence-corrected chi connectivity index (χ4v) is 6.66. The number of aryl methyl sites for hydroxylation is 1. The molecule has 0 aliphatic heterocycles. The Balaban J connectivity index is 2.46. The van der Waals surface area contributed by atoms with Crippen molar-refractivity contribution in [3.8, 4) is 0 Å². The first kappa shape index (κ1) is 24.4. The van der Waals surface area contributed by atoms with Gasteiger partial charge in [0.15, 0.2) is 16.6 Å². The zero-order valence-electron chi connectivity index (χ0n) is 19.6. The van der Waals surface area contributed by atoms with Crippen LogP contribution in [0.15, 0.2) is 59.5 Å². The van der Waals surface area contributed by atoms with Crippen LogP contribution in [0.4, 0.5) is 0 Å². The fourth-order valence-electron chi connectivity index (χ4n) is 2.67. The van der Waals surface area contributed by atoms with Gasteiger partial charge in [0.05, 0.1) is 0 Å². The van der Waals surface area contributed by atoms with E-state index in [1.807, 2.05) is 0 Å². The molecule has 0 unspecified atom stereocenters. The lowest BCUT2D eigenvalue weighted by Gasteiger charge is -2.42. The van der Waals surface area contributed by atoms with Crippen LogP contribution < -0.4 is 0 Å². The lowest BCUT2D eigenvalue weighted by Crippen LogP contribution is -2.46. The normalized spacial score (nSPS) is 15.2. The van der Waals surface area contributed by atoms with Crippen LogP contribution in [0.1, 0.15) is 38.0 Å². The SMILES string of the molecule is Cc1ccc(S[C@H](O[Si](C)(C)C(C)(C)C)[C@@H](O[Si](C)(C)C)c2ccccc2)cc1. The number of benzene rings is 2. The first-order chi connectivity index (χ1) is 13.3. The largest absolute Gasteiger partial charge is 0.407 e. The Morgan fingerprint density at radius 1 is 0.793 bits per heavy atom. The van der Waals surface area contributed by atoms with Crippen molar-refractivity contribution in [2.75, 3.05) is 0 Å². The fraction of sp³-hybridized carbons (Fsp3) is 0.500. The quantitative estimate of drug-likeness (QED) is 0.232. The molecular weight excluding hydrogens is 409 g/mol. The molecule has 29 heavy (non-hydrogen) atoms. The van der Waals surface area contributed by atoms with Crippen molar-refractivity contribution in [2.24, 2.45) is 0 Å². The summed E-state index contributed by atoms with van der Waals surface area (Å²) in [5.41, 5.74) is 2.38. The Hall–Kier alpha value is -0.856. The minimum atomic E-state index is -1.99. The maximum atomic E-state index is 7.00. The highest BCUT2D eigenvalue weighted by molar-refractivity contribution is 7.99. The van der Waals surface area contributed by atoms with Gasteiger partial charge in [-0.25, -0.2) is 0 Å². The molecule has 0 radical (unpaired) electrons. The molecule has 0 aromatic heterocycles. The number of thioether (sulfide) groups is 1. The third-order valence-electron chi connectivity index (χ3n) is 5.35. The van der Waals surface area contributed by atoms with E-state index in [-0.39, 0.29) is 16.6 Å². The van der Waals surface area contributed by atoms with E-state index in [0.717, 1.165) is 0 Å². The van der Waals surface area contributed by atoms with Crippen molar-refractivity contribution < 1.29 is 8.85 Å². The Kier molecular flexibility index (Phi) is 8.01. The monoisotopic (exact) mass is 446 g/mol. The van der Waals surface area contributed by atoms with Gasteiger partial charge in [0.25, 0.3) is 0 Å². The van der Waals surface area contributed by atoms with Gasteiger partial charge in [-0.15, -0.1) is 0 Å². The number of hydrogen-bond donors (Lipinski definition) is 0. The molecule has 2 atom stereocenters. The molecule has 0 saturated carbocycles. The molecule has 0 saturated heterocycles. The van der Waals surface area contributed by atoms with Crippen LogP contribution in [0.25, 0.3) is 0 Å². The Labute approximate surface area is 184 Å². The van der Waals surface area contributed by atoms with E-state index in [2.05, 4.69) is 115 Å². The summed E-state index contributed by atoms with van der Waals surface area (Å²) >= 11 is 1.79. The van der Waals surface area contributed by atoms with Crippen LogP contribution in [0.5, 0.6) is 0 Å². The molecule has 0 bridgehead atoms. The van der Waals surface area contributed by atoms with Crippen molar-refractivity contribution in [1.82, 2.24) is 0 Å². The Morgan fingerprint density at radius 2 is 1.34 bits per heavy atom. The number of rotatable bonds is 8. The van der Waals surface area contributed by atoms with Crippen LogP contribution in [0.2, 0.25) is 37.8 Å². The van der Waals surface area contributed by atoms with Gasteiger partial charge in [-0.05, 0) is 62.4 Å². The summed E-state index contributed by atoms with van der Waals surface area (Å²) < 4.78 is 13.8. The van der Waals surface area contributed by atoms with Crippen LogP contribution in [0, 0.1) is 6.92 Å². The molecule has 0 aliphatic rings. The maximum absolute atomic E-state index is 7.00. The highest BCUT2D eigenvalue weighted by atomic mass is 32.2. The molecular formula is C24H38O2SSi2. The van der Waals surface area contributed by atoms with E-state index in [1.54, 1.807) is 11.8 Å². The van der Waals surface area contributed by atoms with E-state index in [4.69, 9.17) is 8.85 Å². The van der Waals surface area contributed by atoms with Crippen LogP contribution in [-0.4, -0.2) is 22.1 Å². The van der Waals surface area contributed by atoms with Crippen LogP contribution >= 0.6 is 11.8 Å². The minimum absolute atomic E-state index is 0.0901. The van der Waals surface area contributed by atoms with E-state index in [1.165, 1.54) is 16.0 Å². The van der Waals surface area contributed by atoms with Crippen LogP contribution in [0.3, 0.4) is 0 Å². The zero-order valence-corrected chi connectivity index (χ0v) is 22.4. The van der Waals surface area contributed by atoms with Gasteiger partial charge in [0.1, 0.15) is 11.5 Å².